The highest BCUT2D eigenvalue weighted by Gasteiger charge is 2.27. The largest absolute Gasteiger partial charge is 0.311 e. The van der Waals surface area contributed by atoms with Crippen molar-refractivity contribution < 1.29 is 0 Å². The molecule has 2 nitrogen and oxygen atoms in total. The van der Waals surface area contributed by atoms with Crippen LogP contribution in [0.15, 0.2) is 0 Å². The number of nitrogens with zero attached hydrogens (tertiary/aromatic N) is 1. The molecule has 112 valence electrons. The van der Waals surface area contributed by atoms with Crippen LogP contribution in [0, 0.1) is 11.8 Å². The Morgan fingerprint density at radius 1 is 1.11 bits per heavy atom. The zero-order chi connectivity index (χ0) is 13.7. The maximum atomic E-state index is 3.97. The predicted molar refractivity (Wildman–Crippen MR) is 83.5 cm³/mol. The van der Waals surface area contributed by atoms with Crippen molar-refractivity contribution in [3.05, 3.63) is 0 Å². The van der Waals surface area contributed by atoms with Crippen molar-refractivity contribution in [3.63, 3.8) is 0 Å². The van der Waals surface area contributed by atoms with Crippen LogP contribution in [-0.2, 0) is 0 Å². The van der Waals surface area contributed by atoms with Gasteiger partial charge in [-0.25, -0.2) is 0 Å². The molecule has 0 bridgehead atoms. The summed E-state index contributed by atoms with van der Waals surface area (Å²) in [7, 11) is 0. The van der Waals surface area contributed by atoms with Crippen LogP contribution >= 0.6 is 0 Å². The van der Waals surface area contributed by atoms with E-state index >= 15 is 0 Å². The fraction of sp³-hybridized carbons (Fsp3) is 1.00. The molecule has 1 aliphatic heterocycles. The van der Waals surface area contributed by atoms with Crippen molar-refractivity contribution in [2.75, 3.05) is 19.6 Å². The Morgan fingerprint density at radius 3 is 2.47 bits per heavy atom. The third kappa shape index (κ3) is 4.46. The summed E-state index contributed by atoms with van der Waals surface area (Å²) in [5.74, 6) is 1.89. The molecule has 2 aliphatic rings. The molecule has 1 saturated carbocycles. The molecule has 1 heterocycles. The van der Waals surface area contributed by atoms with Crippen LogP contribution in [0.5, 0.6) is 0 Å². The molecule has 1 N–H and O–H groups in total. The molecule has 2 rings (SSSR count). The minimum absolute atomic E-state index is 0.722. The third-order valence-electron chi connectivity index (χ3n) is 5.65. The van der Waals surface area contributed by atoms with Crippen molar-refractivity contribution in [2.45, 2.75) is 77.8 Å². The van der Waals surface area contributed by atoms with E-state index in [0.717, 1.165) is 23.9 Å². The second-order valence-electron chi connectivity index (χ2n) is 6.86. The van der Waals surface area contributed by atoms with Gasteiger partial charge in [-0.1, -0.05) is 33.1 Å². The van der Waals surface area contributed by atoms with Gasteiger partial charge in [0.25, 0.3) is 0 Å². The SMILES string of the molecule is CCC1CCCC(NC(C)C2CCN(CC)CC2)C1. The summed E-state index contributed by atoms with van der Waals surface area (Å²) < 4.78 is 0. The van der Waals surface area contributed by atoms with Gasteiger partial charge >= 0.3 is 0 Å². The molecule has 2 fully saturated rings. The quantitative estimate of drug-likeness (QED) is 0.817. The van der Waals surface area contributed by atoms with Gasteiger partial charge in [0.05, 0.1) is 0 Å². The van der Waals surface area contributed by atoms with Gasteiger partial charge < -0.3 is 10.2 Å². The second-order valence-corrected chi connectivity index (χ2v) is 6.86. The fourth-order valence-electron chi connectivity index (χ4n) is 4.09. The fourth-order valence-corrected chi connectivity index (χ4v) is 4.09. The van der Waals surface area contributed by atoms with E-state index in [1.807, 2.05) is 0 Å². The van der Waals surface area contributed by atoms with E-state index in [9.17, 15) is 0 Å². The minimum Gasteiger partial charge on any atom is -0.311 e. The third-order valence-corrected chi connectivity index (χ3v) is 5.65. The number of piperidine rings is 1. The van der Waals surface area contributed by atoms with Gasteiger partial charge in [-0.3, -0.25) is 0 Å². The lowest BCUT2D eigenvalue weighted by atomic mass is 9.82. The molecule has 3 atom stereocenters. The Balaban J connectivity index is 1.73. The number of nitrogens with one attached hydrogen (secondary N) is 1. The van der Waals surface area contributed by atoms with Gasteiger partial charge in [0.1, 0.15) is 0 Å². The molecule has 0 spiro atoms. The van der Waals surface area contributed by atoms with Gasteiger partial charge in [-0.15, -0.1) is 0 Å². The molecular formula is C17H34N2. The molecule has 0 amide bonds. The second kappa shape index (κ2) is 7.64. The van der Waals surface area contributed by atoms with Crippen LogP contribution in [-0.4, -0.2) is 36.6 Å². The first-order chi connectivity index (χ1) is 9.22. The molecule has 0 radical (unpaired) electrons. The molecule has 1 aliphatic carbocycles. The van der Waals surface area contributed by atoms with Crippen LogP contribution < -0.4 is 5.32 Å². The zero-order valence-electron chi connectivity index (χ0n) is 13.3. The molecule has 2 heteroatoms. The zero-order valence-corrected chi connectivity index (χ0v) is 13.3. The maximum absolute atomic E-state index is 3.97. The smallest absolute Gasteiger partial charge is 0.00722 e. The average Bonchev–Trinajstić information content (AvgIpc) is 2.47. The highest BCUT2D eigenvalue weighted by atomic mass is 15.1. The first kappa shape index (κ1) is 15.3. The lowest BCUT2D eigenvalue weighted by molar-refractivity contribution is 0.155. The van der Waals surface area contributed by atoms with Gasteiger partial charge in [0, 0.05) is 12.1 Å². The van der Waals surface area contributed by atoms with E-state index in [-0.39, 0.29) is 0 Å². The standard InChI is InChI=1S/C17H34N2/c1-4-15-7-6-8-17(13-15)18-14(3)16-9-11-19(5-2)12-10-16/h14-18H,4-13H2,1-3H3. The van der Waals surface area contributed by atoms with Gasteiger partial charge in [0.15, 0.2) is 0 Å². The number of hydrogen-bond donors (Lipinski definition) is 1. The number of hydrogen-bond acceptors (Lipinski definition) is 2. The number of likely N-dealkylation sites (tertiary alicyclic amines) is 1. The molecular weight excluding hydrogens is 232 g/mol. The van der Waals surface area contributed by atoms with Crippen LogP contribution in [0.3, 0.4) is 0 Å². The lowest BCUT2D eigenvalue weighted by Gasteiger charge is -2.38. The number of rotatable bonds is 5. The van der Waals surface area contributed by atoms with Crippen LogP contribution in [0.2, 0.25) is 0 Å². The van der Waals surface area contributed by atoms with Crippen LogP contribution in [0.1, 0.15) is 65.7 Å². The van der Waals surface area contributed by atoms with E-state index < -0.39 is 0 Å². The molecule has 0 aromatic heterocycles. The predicted octanol–water partition coefficient (Wildman–Crippen LogP) is 3.67. The highest BCUT2D eigenvalue weighted by molar-refractivity contribution is 4.84. The lowest BCUT2D eigenvalue weighted by Crippen LogP contribution is -2.46. The summed E-state index contributed by atoms with van der Waals surface area (Å²) in [6, 6.07) is 1.53. The van der Waals surface area contributed by atoms with Crippen LogP contribution in [0.25, 0.3) is 0 Å². The summed E-state index contributed by atoms with van der Waals surface area (Å²) in [5, 5.41) is 3.97. The van der Waals surface area contributed by atoms with Gasteiger partial charge in [-0.2, -0.15) is 0 Å². The van der Waals surface area contributed by atoms with E-state index in [1.165, 1.54) is 64.6 Å². The molecule has 1 saturated heterocycles. The first-order valence-corrected chi connectivity index (χ1v) is 8.71. The van der Waals surface area contributed by atoms with Crippen molar-refractivity contribution in [2.24, 2.45) is 11.8 Å². The summed E-state index contributed by atoms with van der Waals surface area (Å²) >= 11 is 0. The van der Waals surface area contributed by atoms with Gasteiger partial charge in [0.2, 0.25) is 0 Å². The molecule has 0 aromatic carbocycles. The highest BCUT2D eigenvalue weighted by Crippen LogP contribution is 2.28. The summed E-state index contributed by atoms with van der Waals surface area (Å²) in [4.78, 5) is 2.59. The maximum Gasteiger partial charge on any atom is 0.00722 e. The van der Waals surface area contributed by atoms with E-state index in [1.54, 1.807) is 0 Å². The Kier molecular flexibility index (Phi) is 6.15. The molecule has 3 unspecified atom stereocenters. The molecule has 19 heavy (non-hydrogen) atoms. The van der Waals surface area contributed by atoms with Gasteiger partial charge in [-0.05, 0) is 64.1 Å². The summed E-state index contributed by atoms with van der Waals surface area (Å²) in [6.45, 7) is 10.9. The van der Waals surface area contributed by atoms with Crippen molar-refractivity contribution in [1.29, 1.82) is 0 Å². The van der Waals surface area contributed by atoms with Crippen LogP contribution in [0.4, 0.5) is 0 Å². The molecule has 0 aromatic rings. The normalized spacial score (nSPS) is 32.4. The van der Waals surface area contributed by atoms with E-state index in [0.29, 0.717) is 0 Å². The van der Waals surface area contributed by atoms with Crippen molar-refractivity contribution in [3.8, 4) is 0 Å². The Hall–Kier alpha value is -0.0800. The van der Waals surface area contributed by atoms with E-state index in [4.69, 9.17) is 0 Å². The average molecular weight is 266 g/mol. The first-order valence-electron chi connectivity index (χ1n) is 8.71. The topological polar surface area (TPSA) is 15.3 Å². The summed E-state index contributed by atoms with van der Waals surface area (Å²) in [5.41, 5.74) is 0. The summed E-state index contributed by atoms with van der Waals surface area (Å²) in [6.07, 6.45) is 9.91. The van der Waals surface area contributed by atoms with Crippen molar-refractivity contribution in [1.82, 2.24) is 10.2 Å². The Labute approximate surface area is 120 Å². The Morgan fingerprint density at radius 2 is 1.84 bits per heavy atom. The Bertz CT molecular complexity index is 246. The van der Waals surface area contributed by atoms with Crippen molar-refractivity contribution >= 4 is 0 Å². The van der Waals surface area contributed by atoms with E-state index in [2.05, 4.69) is 31.0 Å². The minimum atomic E-state index is 0.722. The monoisotopic (exact) mass is 266 g/mol.